The molecule has 0 bridgehead atoms. The van der Waals surface area contributed by atoms with Crippen molar-refractivity contribution >= 4 is 11.9 Å². The summed E-state index contributed by atoms with van der Waals surface area (Å²) in [6, 6.07) is 0. The second kappa shape index (κ2) is 6.63. The molecule has 2 fully saturated rings. The Balaban J connectivity index is 1.73. The van der Waals surface area contributed by atoms with Crippen LogP contribution in [-0.4, -0.2) is 52.2 Å². The summed E-state index contributed by atoms with van der Waals surface area (Å²) < 4.78 is 23.3. The van der Waals surface area contributed by atoms with Crippen LogP contribution in [0.2, 0.25) is 0 Å². The first-order valence-electron chi connectivity index (χ1n) is 11.5. The number of aliphatic hydroxyl groups is 2. The van der Waals surface area contributed by atoms with Gasteiger partial charge in [-0.25, -0.2) is 4.79 Å². The molecule has 8 nitrogen and oxygen atoms in total. The minimum atomic E-state index is -1.70. The Morgan fingerprint density at radius 3 is 2.45 bits per heavy atom. The third kappa shape index (κ3) is 2.59. The Kier molecular flexibility index (Phi) is 4.51. The largest absolute Gasteiger partial charge is 0.495 e. The molecule has 0 spiro atoms. The van der Waals surface area contributed by atoms with E-state index in [1.54, 1.807) is 13.8 Å². The van der Waals surface area contributed by atoms with Crippen molar-refractivity contribution in [2.24, 2.45) is 11.3 Å². The molecule has 1 aromatic carbocycles. The quantitative estimate of drug-likeness (QED) is 0.615. The fourth-order valence-electron chi connectivity index (χ4n) is 7.31. The summed E-state index contributed by atoms with van der Waals surface area (Å²) in [5.41, 5.74) is -1.98. The molecule has 1 saturated heterocycles. The van der Waals surface area contributed by atoms with E-state index in [1.807, 2.05) is 20.8 Å². The number of methoxy groups -OCH3 is 1. The number of esters is 2. The molecule has 1 aromatic rings. The third-order valence-corrected chi connectivity index (χ3v) is 8.96. The zero-order valence-corrected chi connectivity index (χ0v) is 20.0. The van der Waals surface area contributed by atoms with E-state index in [-0.39, 0.29) is 25.4 Å². The van der Waals surface area contributed by atoms with Crippen LogP contribution in [0.1, 0.15) is 74.0 Å². The van der Waals surface area contributed by atoms with Crippen molar-refractivity contribution in [2.45, 2.75) is 89.8 Å². The van der Waals surface area contributed by atoms with Gasteiger partial charge in [-0.2, -0.15) is 0 Å². The lowest BCUT2D eigenvalue weighted by molar-refractivity contribution is -0.302. The standard InChI is InChI=1S/C25H32O8/c1-12-14-11-31-21(28)18(14)20(30-6)13-9-15-23(4)8-7-17(27)32-22(2,3)25(23,29)16(26)10-24(15,5)33-19(12)13/h15-16,26,29H,7-11H2,1-6H3/t15-,16-,23+,24+,25+/m1/s1. The first-order valence-corrected chi connectivity index (χ1v) is 11.5. The van der Waals surface area contributed by atoms with Crippen LogP contribution in [0.5, 0.6) is 11.5 Å². The van der Waals surface area contributed by atoms with Gasteiger partial charge in [0.1, 0.15) is 40.5 Å². The zero-order chi connectivity index (χ0) is 24.1. The minimum absolute atomic E-state index is 0.126. The average Bonchev–Trinajstić information content (AvgIpc) is 3.09. The van der Waals surface area contributed by atoms with E-state index in [2.05, 4.69) is 0 Å². The molecule has 1 saturated carbocycles. The third-order valence-electron chi connectivity index (χ3n) is 8.96. The van der Waals surface area contributed by atoms with Crippen molar-refractivity contribution in [1.29, 1.82) is 0 Å². The Morgan fingerprint density at radius 2 is 1.79 bits per heavy atom. The molecule has 3 aliphatic heterocycles. The van der Waals surface area contributed by atoms with Crippen molar-refractivity contribution < 1.29 is 38.7 Å². The summed E-state index contributed by atoms with van der Waals surface area (Å²) in [5, 5.41) is 23.5. The zero-order valence-electron chi connectivity index (χ0n) is 20.0. The van der Waals surface area contributed by atoms with Gasteiger partial charge in [0.2, 0.25) is 0 Å². The van der Waals surface area contributed by atoms with Crippen LogP contribution >= 0.6 is 0 Å². The number of hydrogen-bond donors (Lipinski definition) is 2. The molecule has 8 heteroatoms. The van der Waals surface area contributed by atoms with Gasteiger partial charge in [0.25, 0.3) is 0 Å². The lowest BCUT2D eigenvalue weighted by Crippen LogP contribution is -2.76. The molecule has 5 rings (SSSR count). The molecule has 3 heterocycles. The predicted octanol–water partition coefficient (Wildman–Crippen LogP) is 2.60. The van der Waals surface area contributed by atoms with Gasteiger partial charge < -0.3 is 29.2 Å². The maximum Gasteiger partial charge on any atom is 0.342 e. The van der Waals surface area contributed by atoms with Gasteiger partial charge in [-0.3, -0.25) is 4.79 Å². The Labute approximate surface area is 193 Å². The van der Waals surface area contributed by atoms with Crippen LogP contribution in [0.4, 0.5) is 0 Å². The lowest BCUT2D eigenvalue weighted by Gasteiger charge is -2.65. The van der Waals surface area contributed by atoms with Crippen molar-refractivity contribution in [3.05, 3.63) is 22.3 Å². The van der Waals surface area contributed by atoms with E-state index >= 15 is 0 Å². The number of hydrogen-bond acceptors (Lipinski definition) is 8. The highest BCUT2D eigenvalue weighted by Gasteiger charge is 2.73. The summed E-state index contributed by atoms with van der Waals surface area (Å²) >= 11 is 0. The van der Waals surface area contributed by atoms with Crippen LogP contribution in [0.25, 0.3) is 0 Å². The maximum atomic E-state index is 12.5. The van der Waals surface area contributed by atoms with E-state index in [1.165, 1.54) is 7.11 Å². The van der Waals surface area contributed by atoms with E-state index in [0.717, 1.165) is 16.7 Å². The monoisotopic (exact) mass is 460 g/mol. The maximum absolute atomic E-state index is 12.5. The van der Waals surface area contributed by atoms with Gasteiger partial charge >= 0.3 is 11.9 Å². The lowest BCUT2D eigenvalue weighted by atomic mass is 9.46. The van der Waals surface area contributed by atoms with Gasteiger partial charge in [0.05, 0.1) is 13.2 Å². The van der Waals surface area contributed by atoms with Gasteiger partial charge in [-0.15, -0.1) is 0 Å². The molecular formula is C25H32O8. The number of ether oxygens (including phenoxy) is 4. The second-order valence-corrected chi connectivity index (χ2v) is 11.0. The summed E-state index contributed by atoms with van der Waals surface area (Å²) in [5.74, 6) is -0.0253. The highest BCUT2D eigenvalue weighted by atomic mass is 16.6. The molecule has 180 valence electrons. The second-order valence-electron chi connectivity index (χ2n) is 11.0. The van der Waals surface area contributed by atoms with Gasteiger partial charge in [-0.05, 0) is 46.1 Å². The number of rotatable bonds is 1. The van der Waals surface area contributed by atoms with E-state index in [9.17, 15) is 19.8 Å². The Bertz CT molecular complexity index is 1080. The van der Waals surface area contributed by atoms with Crippen LogP contribution in [0.15, 0.2) is 0 Å². The van der Waals surface area contributed by atoms with Crippen molar-refractivity contribution in [1.82, 2.24) is 0 Å². The van der Waals surface area contributed by atoms with E-state index < -0.39 is 40.3 Å². The molecule has 2 N–H and O–H groups in total. The van der Waals surface area contributed by atoms with Gasteiger partial charge in [0, 0.05) is 35.3 Å². The van der Waals surface area contributed by atoms with E-state index in [4.69, 9.17) is 18.9 Å². The normalized spacial score (nSPS) is 38.5. The summed E-state index contributed by atoms with van der Waals surface area (Å²) in [4.78, 5) is 25.0. The Hall–Kier alpha value is -2.32. The van der Waals surface area contributed by atoms with Crippen molar-refractivity contribution in [2.75, 3.05) is 7.11 Å². The van der Waals surface area contributed by atoms with Crippen molar-refractivity contribution in [3.8, 4) is 11.5 Å². The fraction of sp³-hybridized carbons (Fsp3) is 0.680. The summed E-state index contributed by atoms with van der Waals surface area (Å²) in [7, 11) is 1.52. The molecular weight excluding hydrogens is 428 g/mol. The SMILES string of the molecule is COc1c2c(c(C)c3c1C(=O)OC3)O[C@@]1(C)C[C@@H](O)[C@]3(O)C(C)(C)OC(=O)CC[C@@]3(C)[C@H]1C2. The molecule has 5 atom stereocenters. The fourth-order valence-corrected chi connectivity index (χ4v) is 7.31. The molecule has 0 aromatic heterocycles. The minimum Gasteiger partial charge on any atom is -0.495 e. The first kappa shape index (κ1) is 22.5. The topological polar surface area (TPSA) is 112 Å². The van der Waals surface area contributed by atoms with E-state index in [0.29, 0.717) is 29.9 Å². The van der Waals surface area contributed by atoms with Crippen LogP contribution in [-0.2, 0) is 27.3 Å². The summed E-state index contributed by atoms with van der Waals surface area (Å²) in [6.45, 7) is 9.26. The molecule has 33 heavy (non-hydrogen) atoms. The van der Waals surface area contributed by atoms with Gasteiger partial charge in [-0.1, -0.05) is 6.92 Å². The highest BCUT2D eigenvalue weighted by molar-refractivity contribution is 5.98. The molecule has 0 radical (unpaired) electrons. The number of carbonyl (C=O) groups excluding carboxylic acids is 2. The number of cyclic esters (lactones) is 2. The average molecular weight is 461 g/mol. The Morgan fingerprint density at radius 1 is 1.09 bits per heavy atom. The van der Waals surface area contributed by atoms with Crippen LogP contribution in [0.3, 0.4) is 0 Å². The molecule has 1 aliphatic carbocycles. The van der Waals surface area contributed by atoms with Crippen molar-refractivity contribution in [3.63, 3.8) is 0 Å². The molecule has 0 unspecified atom stereocenters. The number of fused-ring (bicyclic) bond motifs is 5. The molecule has 4 aliphatic rings. The number of carbonyl (C=O) groups is 2. The first-order chi connectivity index (χ1) is 15.3. The number of aliphatic hydroxyl groups excluding tert-OH is 1. The predicted molar refractivity (Wildman–Crippen MR) is 116 cm³/mol. The number of benzene rings is 1. The van der Waals surface area contributed by atoms with Crippen LogP contribution < -0.4 is 9.47 Å². The van der Waals surface area contributed by atoms with Gasteiger partial charge in [0.15, 0.2) is 0 Å². The molecule has 0 amide bonds. The summed E-state index contributed by atoms with van der Waals surface area (Å²) in [6.07, 6.45) is -0.102. The van der Waals surface area contributed by atoms with Crippen LogP contribution in [0, 0.1) is 18.3 Å². The highest BCUT2D eigenvalue weighted by Crippen LogP contribution is 2.64. The smallest absolute Gasteiger partial charge is 0.342 e.